The fourth-order valence-corrected chi connectivity index (χ4v) is 4.00. The summed E-state index contributed by atoms with van der Waals surface area (Å²) < 4.78 is 10.6. The van der Waals surface area contributed by atoms with Gasteiger partial charge < -0.3 is 24.6 Å². The lowest BCUT2D eigenvalue weighted by atomic mass is 9.88. The van der Waals surface area contributed by atoms with Crippen molar-refractivity contribution in [3.63, 3.8) is 0 Å². The van der Waals surface area contributed by atoms with E-state index in [4.69, 9.17) is 9.47 Å². The molecule has 0 spiro atoms. The molecule has 1 aromatic carbocycles. The molecule has 1 aromatic heterocycles. The largest absolute Gasteiger partial charge is 0.493 e. The summed E-state index contributed by atoms with van der Waals surface area (Å²) in [5.74, 6) is 2.27. The smallest absolute Gasteiger partial charge is 0.318 e. The molecule has 5 rings (SSSR count). The van der Waals surface area contributed by atoms with E-state index < -0.39 is 0 Å². The number of aryl methyl sites for hydroxylation is 1. The molecule has 0 saturated carbocycles. The molecular weight excluding hydrogens is 358 g/mol. The Balaban J connectivity index is 1.35. The molecule has 3 saturated heterocycles. The number of carbonyl (C=O) groups is 1. The molecule has 3 aliphatic rings. The topological polar surface area (TPSA) is 79.8 Å². The van der Waals surface area contributed by atoms with Crippen LogP contribution in [-0.4, -0.2) is 60.3 Å². The van der Waals surface area contributed by atoms with Crippen LogP contribution in [0.3, 0.4) is 0 Å². The van der Waals surface area contributed by atoms with Gasteiger partial charge in [0.1, 0.15) is 12.1 Å². The summed E-state index contributed by atoms with van der Waals surface area (Å²) in [6.45, 7) is 4.02. The Labute approximate surface area is 164 Å². The van der Waals surface area contributed by atoms with E-state index in [2.05, 4.69) is 20.2 Å². The molecule has 2 atom stereocenters. The third-order valence-corrected chi connectivity index (χ3v) is 5.43. The average Bonchev–Trinajstić information content (AvgIpc) is 2.72. The Morgan fingerprint density at radius 2 is 1.89 bits per heavy atom. The normalized spacial score (nSPS) is 20.4. The molecule has 3 aliphatic heterocycles. The molecule has 0 radical (unpaired) electrons. The fourth-order valence-electron chi connectivity index (χ4n) is 4.00. The highest BCUT2D eigenvalue weighted by molar-refractivity contribution is 5.76. The number of ether oxygens (including phenoxy) is 2. The van der Waals surface area contributed by atoms with Gasteiger partial charge in [-0.2, -0.15) is 0 Å². The Morgan fingerprint density at radius 3 is 2.57 bits per heavy atom. The Kier molecular flexibility index (Phi) is 4.93. The van der Waals surface area contributed by atoms with Crippen LogP contribution in [0.2, 0.25) is 0 Å². The lowest BCUT2D eigenvalue weighted by Gasteiger charge is -2.56. The van der Waals surface area contributed by atoms with Crippen molar-refractivity contribution in [3.8, 4) is 11.5 Å². The molecular formula is C20H25N5O3. The van der Waals surface area contributed by atoms with Gasteiger partial charge in [-0.05, 0) is 31.0 Å². The zero-order chi connectivity index (χ0) is 19.7. The van der Waals surface area contributed by atoms with E-state index in [-0.39, 0.29) is 18.1 Å². The maximum Gasteiger partial charge on any atom is 0.318 e. The van der Waals surface area contributed by atoms with Gasteiger partial charge in [0.15, 0.2) is 11.5 Å². The van der Waals surface area contributed by atoms with Crippen LogP contribution in [0.15, 0.2) is 30.6 Å². The lowest BCUT2D eigenvalue weighted by Crippen LogP contribution is -2.71. The molecule has 28 heavy (non-hydrogen) atoms. The first kappa shape index (κ1) is 18.3. The predicted octanol–water partition coefficient (Wildman–Crippen LogP) is 1.97. The summed E-state index contributed by atoms with van der Waals surface area (Å²) in [6, 6.07) is 8.08. The fraction of sp³-hybridized carbons (Fsp3) is 0.450. The van der Waals surface area contributed by atoms with E-state index in [0.29, 0.717) is 18.0 Å². The molecule has 4 heterocycles. The SMILES string of the molecule is COc1ccc(CNC(=O)N2C3CC2CN(c2cc(C)ncn2)C3)cc1OC. The number of benzene rings is 1. The van der Waals surface area contributed by atoms with Crippen LogP contribution in [0.4, 0.5) is 10.6 Å². The number of rotatable bonds is 5. The second-order valence-electron chi connectivity index (χ2n) is 7.22. The number of piperazine rings is 1. The van der Waals surface area contributed by atoms with E-state index in [9.17, 15) is 4.79 Å². The molecule has 1 N–H and O–H groups in total. The van der Waals surface area contributed by atoms with E-state index in [1.807, 2.05) is 36.1 Å². The second-order valence-corrected chi connectivity index (χ2v) is 7.22. The van der Waals surface area contributed by atoms with E-state index in [0.717, 1.165) is 36.6 Å². The third kappa shape index (κ3) is 3.42. The monoisotopic (exact) mass is 383 g/mol. The molecule has 2 bridgehead atoms. The number of methoxy groups -OCH3 is 2. The minimum atomic E-state index is -0.0189. The highest BCUT2D eigenvalue weighted by Gasteiger charge is 2.47. The molecule has 2 amide bonds. The van der Waals surface area contributed by atoms with Crippen molar-refractivity contribution >= 4 is 11.8 Å². The highest BCUT2D eigenvalue weighted by Crippen LogP contribution is 2.34. The van der Waals surface area contributed by atoms with Gasteiger partial charge in [-0.15, -0.1) is 0 Å². The molecule has 8 heteroatoms. The minimum absolute atomic E-state index is 0.0189. The Bertz CT molecular complexity index is 863. The number of hydrogen-bond acceptors (Lipinski definition) is 6. The molecule has 3 fully saturated rings. The molecule has 2 aromatic rings. The van der Waals surface area contributed by atoms with Gasteiger partial charge in [-0.3, -0.25) is 0 Å². The first-order chi connectivity index (χ1) is 13.6. The van der Waals surface area contributed by atoms with Crippen molar-refractivity contribution in [2.75, 3.05) is 32.2 Å². The maximum absolute atomic E-state index is 12.7. The quantitative estimate of drug-likeness (QED) is 0.850. The van der Waals surface area contributed by atoms with Crippen LogP contribution in [-0.2, 0) is 6.54 Å². The first-order valence-electron chi connectivity index (χ1n) is 9.39. The van der Waals surface area contributed by atoms with Gasteiger partial charge in [-0.25, -0.2) is 14.8 Å². The van der Waals surface area contributed by atoms with Crippen LogP contribution in [0.5, 0.6) is 11.5 Å². The number of nitrogens with one attached hydrogen (secondary N) is 1. The van der Waals surface area contributed by atoms with Crippen molar-refractivity contribution in [3.05, 3.63) is 41.9 Å². The van der Waals surface area contributed by atoms with E-state index >= 15 is 0 Å². The number of anilines is 1. The van der Waals surface area contributed by atoms with Crippen LogP contribution in [0.25, 0.3) is 0 Å². The van der Waals surface area contributed by atoms with Crippen LogP contribution in [0, 0.1) is 6.92 Å². The maximum atomic E-state index is 12.7. The molecule has 2 unspecified atom stereocenters. The Hall–Kier alpha value is -3.03. The summed E-state index contributed by atoms with van der Waals surface area (Å²) >= 11 is 0. The standard InChI is InChI=1S/C20H25N5O3/c1-13-6-19(23-12-22-13)24-10-15-8-16(11-24)25(15)20(26)21-9-14-4-5-17(27-2)18(7-14)28-3/h4-7,12,15-16H,8-11H2,1-3H3,(H,21,26). The van der Waals surface area contributed by atoms with Crippen molar-refractivity contribution in [2.45, 2.75) is 32.0 Å². The number of amides is 2. The summed E-state index contributed by atoms with van der Waals surface area (Å²) in [7, 11) is 3.21. The number of hydrogen-bond donors (Lipinski definition) is 1. The van der Waals surface area contributed by atoms with Crippen LogP contribution < -0.4 is 19.7 Å². The number of urea groups is 1. The van der Waals surface area contributed by atoms with E-state index in [1.165, 1.54) is 0 Å². The molecule has 0 aliphatic carbocycles. The van der Waals surface area contributed by atoms with Gasteiger partial charge in [0.2, 0.25) is 0 Å². The number of carbonyl (C=O) groups excluding carboxylic acids is 1. The average molecular weight is 383 g/mol. The zero-order valence-electron chi connectivity index (χ0n) is 16.4. The van der Waals surface area contributed by atoms with Gasteiger partial charge in [0.05, 0.1) is 26.3 Å². The Morgan fingerprint density at radius 1 is 1.14 bits per heavy atom. The van der Waals surface area contributed by atoms with Crippen molar-refractivity contribution in [1.29, 1.82) is 0 Å². The number of aromatic nitrogens is 2. The zero-order valence-corrected chi connectivity index (χ0v) is 16.4. The summed E-state index contributed by atoms with van der Waals surface area (Å²) in [6.07, 6.45) is 2.64. The lowest BCUT2D eigenvalue weighted by molar-refractivity contribution is 0.0365. The number of nitrogens with zero attached hydrogens (tertiary/aromatic N) is 4. The number of fused-ring (bicyclic) bond motifs is 2. The number of piperidine rings is 1. The van der Waals surface area contributed by atoms with Gasteiger partial charge in [0.25, 0.3) is 0 Å². The molecule has 148 valence electrons. The van der Waals surface area contributed by atoms with Crippen molar-refractivity contribution < 1.29 is 14.3 Å². The van der Waals surface area contributed by atoms with E-state index in [1.54, 1.807) is 20.5 Å². The summed E-state index contributed by atoms with van der Waals surface area (Å²) in [5.41, 5.74) is 1.92. The summed E-state index contributed by atoms with van der Waals surface area (Å²) in [5, 5.41) is 3.03. The minimum Gasteiger partial charge on any atom is -0.493 e. The predicted molar refractivity (Wildman–Crippen MR) is 105 cm³/mol. The van der Waals surface area contributed by atoms with Crippen molar-refractivity contribution in [2.24, 2.45) is 0 Å². The third-order valence-electron chi connectivity index (χ3n) is 5.43. The summed E-state index contributed by atoms with van der Waals surface area (Å²) in [4.78, 5) is 25.4. The van der Waals surface area contributed by atoms with Crippen LogP contribution in [0.1, 0.15) is 17.7 Å². The van der Waals surface area contributed by atoms with Crippen molar-refractivity contribution in [1.82, 2.24) is 20.2 Å². The highest BCUT2D eigenvalue weighted by atomic mass is 16.5. The van der Waals surface area contributed by atoms with Gasteiger partial charge >= 0.3 is 6.03 Å². The van der Waals surface area contributed by atoms with Gasteiger partial charge in [-0.1, -0.05) is 6.07 Å². The molecule has 8 nitrogen and oxygen atoms in total. The van der Waals surface area contributed by atoms with Gasteiger partial charge in [0, 0.05) is 31.4 Å². The first-order valence-corrected chi connectivity index (χ1v) is 9.39. The second kappa shape index (κ2) is 7.53. The van der Waals surface area contributed by atoms with Crippen LogP contribution >= 0.6 is 0 Å².